The minimum atomic E-state index is 0.805. The van der Waals surface area contributed by atoms with Crippen LogP contribution in [0.2, 0.25) is 0 Å². The van der Waals surface area contributed by atoms with Crippen LogP contribution in [0.3, 0.4) is 0 Å². The van der Waals surface area contributed by atoms with E-state index in [9.17, 15) is 0 Å². The highest BCUT2D eigenvalue weighted by atomic mass is 33.1. The minimum absolute atomic E-state index is 0.805. The van der Waals surface area contributed by atoms with Crippen LogP contribution in [-0.2, 0) is 0 Å². The van der Waals surface area contributed by atoms with E-state index >= 15 is 0 Å². The van der Waals surface area contributed by atoms with Crippen LogP contribution in [0.15, 0.2) is 0 Å². The van der Waals surface area contributed by atoms with Crippen LogP contribution in [0.25, 0.3) is 0 Å². The molecule has 0 aromatic rings. The van der Waals surface area contributed by atoms with Gasteiger partial charge in [0.2, 0.25) is 0 Å². The summed E-state index contributed by atoms with van der Waals surface area (Å²) in [6.07, 6.45) is 12.4. The molecule has 0 amide bonds. The number of rotatable bonds is 10. The predicted molar refractivity (Wildman–Crippen MR) is 73.3 cm³/mol. The average Bonchev–Trinajstić information content (AvgIpc) is 2.22. The summed E-state index contributed by atoms with van der Waals surface area (Å²) in [6.45, 7) is 4.54. The zero-order valence-corrected chi connectivity index (χ0v) is 11.5. The molecular formula is C12H26S2. The van der Waals surface area contributed by atoms with E-state index in [0.29, 0.717) is 0 Å². The lowest BCUT2D eigenvalue weighted by Gasteiger charge is -2.12. The van der Waals surface area contributed by atoms with E-state index in [4.69, 9.17) is 0 Å². The predicted octanol–water partition coefficient (Wildman–Crippen LogP) is 5.48. The Morgan fingerprint density at radius 3 is 2.00 bits per heavy atom. The zero-order valence-electron chi connectivity index (χ0n) is 9.80. The molecule has 0 aromatic heterocycles. The summed E-state index contributed by atoms with van der Waals surface area (Å²) in [5, 5.41) is 0.805. The van der Waals surface area contributed by atoms with E-state index in [0.717, 1.165) is 5.25 Å². The van der Waals surface area contributed by atoms with Crippen molar-refractivity contribution in [3.05, 3.63) is 0 Å². The fourth-order valence-corrected chi connectivity index (χ4v) is 2.83. The zero-order chi connectivity index (χ0) is 10.6. The quantitative estimate of drug-likeness (QED) is 0.296. The number of thiol groups is 1. The second kappa shape index (κ2) is 11.8. The monoisotopic (exact) mass is 234 g/mol. The van der Waals surface area contributed by atoms with Crippen molar-refractivity contribution >= 4 is 22.5 Å². The fourth-order valence-electron chi connectivity index (χ4n) is 1.66. The maximum atomic E-state index is 4.35. The lowest BCUT2D eigenvalue weighted by Crippen LogP contribution is -2.00. The molecule has 0 aliphatic rings. The molecule has 0 saturated carbocycles. The second-order valence-electron chi connectivity index (χ2n) is 4.07. The summed E-state index contributed by atoms with van der Waals surface area (Å²) >= 11 is 4.35. The van der Waals surface area contributed by atoms with Gasteiger partial charge in [0.05, 0.1) is 0 Å². The van der Waals surface area contributed by atoms with Crippen molar-refractivity contribution in [1.82, 2.24) is 0 Å². The first kappa shape index (κ1) is 14.7. The Morgan fingerprint density at radius 2 is 1.43 bits per heavy atom. The Bertz CT molecular complexity index is 104. The molecule has 2 heteroatoms. The molecule has 0 aliphatic heterocycles. The van der Waals surface area contributed by atoms with Crippen LogP contribution in [0.5, 0.6) is 0 Å². The molecule has 0 spiro atoms. The number of unbranched alkanes of at least 4 members (excludes halogenated alkanes) is 5. The second-order valence-corrected chi connectivity index (χ2v) is 5.58. The Kier molecular flexibility index (Phi) is 12.4. The Hall–Kier alpha value is 0.700. The standard InChI is InChI=1S/C12H26S2/c1-3-5-7-8-9-11-12(14-13)10-6-4-2/h12-13H,3-11H2,1-2H3. The van der Waals surface area contributed by atoms with Crippen LogP contribution < -0.4 is 0 Å². The van der Waals surface area contributed by atoms with Crippen molar-refractivity contribution in [2.75, 3.05) is 0 Å². The van der Waals surface area contributed by atoms with Gasteiger partial charge in [0.1, 0.15) is 0 Å². The van der Waals surface area contributed by atoms with Crippen LogP contribution in [0, 0.1) is 0 Å². The molecule has 0 bridgehead atoms. The van der Waals surface area contributed by atoms with Crippen molar-refractivity contribution in [2.24, 2.45) is 0 Å². The molecule has 0 nitrogen and oxygen atoms in total. The molecule has 1 unspecified atom stereocenters. The minimum Gasteiger partial charge on any atom is -0.111 e. The van der Waals surface area contributed by atoms with E-state index in [1.54, 1.807) is 10.8 Å². The van der Waals surface area contributed by atoms with Gasteiger partial charge in [-0.15, -0.1) is 11.7 Å². The topological polar surface area (TPSA) is 0 Å². The van der Waals surface area contributed by atoms with E-state index in [1.807, 2.05) is 0 Å². The van der Waals surface area contributed by atoms with Gasteiger partial charge in [-0.05, 0) is 12.8 Å². The van der Waals surface area contributed by atoms with Crippen LogP contribution in [0.4, 0.5) is 0 Å². The van der Waals surface area contributed by atoms with Gasteiger partial charge < -0.3 is 0 Å². The SMILES string of the molecule is CCCCCCCC(CCCC)SS. The van der Waals surface area contributed by atoms with Gasteiger partial charge in [0.25, 0.3) is 0 Å². The first-order valence-electron chi connectivity index (χ1n) is 6.15. The highest BCUT2D eigenvalue weighted by molar-refractivity contribution is 8.68. The van der Waals surface area contributed by atoms with Gasteiger partial charge in [0.15, 0.2) is 0 Å². The number of hydrogen-bond donors (Lipinski definition) is 1. The molecule has 0 fully saturated rings. The molecule has 0 heterocycles. The normalized spacial score (nSPS) is 13.1. The summed E-state index contributed by atoms with van der Waals surface area (Å²) in [5.74, 6) is 0. The maximum Gasteiger partial charge on any atom is 0.0149 e. The third-order valence-corrected chi connectivity index (χ3v) is 4.32. The van der Waals surface area contributed by atoms with Gasteiger partial charge in [0, 0.05) is 5.25 Å². The third kappa shape index (κ3) is 9.26. The summed E-state index contributed by atoms with van der Waals surface area (Å²) < 4.78 is 0. The lowest BCUT2D eigenvalue weighted by atomic mass is 10.1. The molecule has 0 rings (SSSR count). The third-order valence-electron chi connectivity index (χ3n) is 2.66. The molecule has 0 aliphatic carbocycles. The van der Waals surface area contributed by atoms with Gasteiger partial charge in [-0.25, -0.2) is 0 Å². The van der Waals surface area contributed by atoms with E-state index < -0.39 is 0 Å². The molecule has 14 heavy (non-hydrogen) atoms. The maximum absolute atomic E-state index is 4.35. The van der Waals surface area contributed by atoms with Crippen molar-refractivity contribution in [3.8, 4) is 0 Å². The summed E-state index contributed by atoms with van der Waals surface area (Å²) in [5.41, 5.74) is 0. The summed E-state index contributed by atoms with van der Waals surface area (Å²) in [7, 11) is 1.77. The first-order chi connectivity index (χ1) is 6.85. The largest absolute Gasteiger partial charge is 0.111 e. The number of hydrogen-bond acceptors (Lipinski definition) is 2. The Balaban J connectivity index is 3.24. The van der Waals surface area contributed by atoms with Gasteiger partial charge in [-0.2, -0.15) is 0 Å². The van der Waals surface area contributed by atoms with Gasteiger partial charge >= 0.3 is 0 Å². The lowest BCUT2D eigenvalue weighted by molar-refractivity contribution is 0.572. The van der Waals surface area contributed by atoms with E-state index in [1.165, 1.54) is 57.8 Å². The molecule has 86 valence electrons. The van der Waals surface area contributed by atoms with Crippen molar-refractivity contribution in [2.45, 2.75) is 76.9 Å². The molecule has 0 N–H and O–H groups in total. The van der Waals surface area contributed by atoms with Crippen molar-refractivity contribution in [3.63, 3.8) is 0 Å². The molecule has 0 saturated heterocycles. The smallest absolute Gasteiger partial charge is 0.0149 e. The van der Waals surface area contributed by atoms with Crippen molar-refractivity contribution in [1.29, 1.82) is 0 Å². The van der Waals surface area contributed by atoms with Crippen LogP contribution >= 0.6 is 22.5 Å². The fraction of sp³-hybridized carbons (Fsp3) is 1.00. The van der Waals surface area contributed by atoms with Crippen LogP contribution in [-0.4, -0.2) is 5.25 Å². The molecular weight excluding hydrogens is 208 g/mol. The molecule has 0 aromatic carbocycles. The van der Waals surface area contributed by atoms with E-state index in [-0.39, 0.29) is 0 Å². The Labute approximate surface area is 99.4 Å². The highest BCUT2D eigenvalue weighted by Gasteiger charge is 2.05. The highest BCUT2D eigenvalue weighted by Crippen LogP contribution is 2.25. The van der Waals surface area contributed by atoms with Gasteiger partial charge in [-0.1, -0.05) is 69.6 Å². The Morgan fingerprint density at radius 1 is 0.857 bits per heavy atom. The summed E-state index contributed by atoms with van der Waals surface area (Å²) in [4.78, 5) is 0. The van der Waals surface area contributed by atoms with Crippen LogP contribution in [0.1, 0.15) is 71.6 Å². The van der Waals surface area contributed by atoms with E-state index in [2.05, 4.69) is 25.5 Å². The van der Waals surface area contributed by atoms with Crippen molar-refractivity contribution < 1.29 is 0 Å². The molecule has 1 atom stereocenters. The van der Waals surface area contributed by atoms with Gasteiger partial charge in [-0.3, -0.25) is 0 Å². The average molecular weight is 234 g/mol. The summed E-state index contributed by atoms with van der Waals surface area (Å²) in [6, 6.07) is 0. The first-order valence-corrected chi connectivity index (χ1v) is 8.08. The molecule has 0 radical (unpaired) electrons.